The molecule has 0 saturated carbocycles. The summed E-state index contributed by atoms with van der Waals surface area (Å²) in [4.78, 5) is 0. The normalized spacial score (nSPS) is 8.25. The predicted octanol–water partition coefficient (Wildman–Crippen LogP) is 2.60. The lowest BCUT2D eigenvalue weighted by molar-refractivity contribution is 1.45. The Morgan fingerprint density at radius 1 is 1.33 bits per heavy atom. The highest BCUT2D eigenvalue weighted by Crippen LogP contribution is 2.10. The molecular weight excluding hydrogens is 148 g/mol. The Morgan fingerprint density at radius 3 is 2.33 bits per heavy atom. The van der Waals surface area contributed by atoms with Gasteiger partial charge in [-0.2, -0.15) is 0 Å². The molecule has 0 radical (unpaired) electrons. The number of rotatable bonds is 1. The van der Waals surface area contributed by atoms with Crippen LogP contribution in [0.5, 0.6) is 0 Å². The molecule has 0 heterocycles. The zero-order chi connectivity index (χ0) is 9.56. The Hall–Kier alpha value is -1.31. The van der Waals surface area contributed by atoms with Crippen LogP contribution >= 0.6 is 0 Å². The Bertz CT molecular complexity index is 254. The van der Waals surface area contributed by atoms with Crippen LogP contribution < -0.4 is 5.73 Å². The maximum Gasteiger partial charge on any atom is 0.0405 e. The van der Waals surface area contributed by atoms with Crippen LogP contribution in [0, 0.1) is 12.3 Å². The first-order valence-electron chi connectivity index (χ1n) is 4.10. The van der Waals surface area contributed by atoms with E-state index in [4.69, 9.17) is 11.1 Å². The minimum Gasteiger partial charge on any atom is -0.398 e. The molecule has 12 heavy (non-hydrogen) atoms. The second-order valence-corrected chi connectivity index (χ2v) is 2.28. The predicted molar refractivity (Wildman–Crippen MR) is 54.8 cm³/mol. The van der Waals surface area contributed by atoms with E-state index < -0.39 is 0 Å². The highest BCUT2D eigenvalue weighted by Gasteiger charge is 1.92. The molecule has 0 unspecified atom stereocenters. The zero-order valence-corrected chi connectivity index (χ0v) is 7.89. The molecule has 0 saturated heterocycles. The Labute approximate surface area is 73.9 Å². The maximum atomic E-state index is 6.95. The molecule has 1 aromatic rings. The maximum absolute atomic E-state index is 6.95. The van der Waals surface area contributed by atoms with Gasteiger partial charge in [-0.05, 0) is 18.6 Å². The van der Waals surface area contributed by atoms with Crippen LogP contribution in [0.15, 0.2) is 18.2 Å². The van der Waals surface area contributed by atoms with E-state index in [0.717, 1.165) is 11.1 Å². The fourth-order valence-corrected chi connectivity index (χ4v) is 0.826. The molecule has 1 rings (SSSR count). The number of nitrogens with two attached hydrogens (primary N) is 1. The summed E-state index contributed by atoms with van der Waals surface area (Å²) in [7, 11) is 0. The fourth-order valence-electron chi connectivity index (χ4n) is 0.826. The molecule has 0 aromatic heterocycles. The first kappa shape index (κ1) is 10.7. The molecule has 66 valence electrons. The number of nitrogen functional groups attached to an aromatic ring is 1. The molecule has 2 nitrogen and oxygen atoms in total. The smallest absolute Gasteiger partial charge is 0.0405 e. The summed E-state index contributed by atoms with van der Waals surface area (Å²) >= 11 is 0. The quantitative estimate of drug-likeness (QED) is 0.486. The summed E-state index contributed by atoms with van der Waals surface area (Å²) in [6.45, 7) is 5.98. The molecule has 0 fully saturated rings. The number of hydrogen-bond donors (Lipinski definition) is 2. The minimum absolute atomic E-state index is 0.676. The Kier molecular flexibility index (Phi) is 4.77. The molecule has 2 heteroatoms. The number of anilines is 1. The summed E-state index contributed by atoms with van der Waals surface area (Å²) in [6.07, 6.45) is 1.26. The summed E-state index contributed by atoms with van der Waals surface area (Å²) in [5, 5.41) is 6.95. The van der Waals surface area contributed by atoms with Gasteiger partial charge in [0.2, 0.25) is 0 Å². The number of benzene rings is 1. The Balaban J connectivity index is 0.000000561. The van der Waals surface area contributed by atoms with Gasteiger partial charge in [0.15, 0.2) is 0 Å². The fraction of sp³-hybridized carbons (Fsp3) is 0.300. The monoisotopic (exact) mass is 164 g/mol. The van der Waals surface area contributed by atoms with Crippen molar-refractivity contribution in [2.24, 2.45) is 0 Å². The van der Waals surface area contributed by atoms with E-state index in [0.29, 0.717) is 5.69 Å². The second-order valence-electron chi connectivity index (χ2n) is 2.28. The van der Waals surface area contributed by atoms with Crippen molar-refractivity contribution >= 4 is 11.9 Å². The average Bonchev–Trinajstić information content (AvgIpc) is 2.08. The molecule has 0 aliphatic rings. The third-order valence-corrected chi connectivity index (χ3v) is 1.40. The van der Waals surface area contributed by atoms with E-state index in [2.05, 4.69) is 0 Å². The van der Waals surface area contributed by atoms with E-state index >= 15 is 0 Å². The number of hydrogen-bond acceptors (Lipinski definition) is 2. The standard InChI is InChI=1S/C8H10N2.C2H6/c1-6-2-3-7(5-9)8(10)4-6;1-2/h2-5,9H,10H2,1H3;1-2H3. The van der Waals surface area contributed by atoms with Crippen LogP contribution in [-0.4, -0.2) is 6.21 Å². The van der Waals surface area contributed by atoms with Gasteiger partial charge in [-0.25, -0.2) is 0 Å². The number of nitrogens with one attached hydrogen (secondary N) is 1. The molecule has 0 spiro atoms. The van der Waals surface area contributed by atoms with Crippen molar-refractivity contribution < 1.29 is 0 Å². The zero-order valence-electron chi connectivity index (χ0n) is 7.89. The molecule has 0 bridgehead atoms. The van der Waals surface area contributed by atoms with Gasteiger partial charge >= 0.3 is 0 Å². The first-order chi connectivity index (χ1) is 5.74. The topological polar surface area (TPSA) is 49.9 Å². The van der Waals surface area contributed by atoms with Crippen molar-refractivity contribution in [2.45, 2.75) is 20.8 Å². The van der Waals surface area contributed by atoms with Crippen LogP contribution in [0.2, 0.25) is 0 Å². The lowest BCUT2D eigenvalue weighted by Crippen LogP contribution is -1.92. The third kappa shape index (κ3) is 2.74. The summed E-state index contributed by atoms with van der Waals surface area (Å²) in [6, 6.07) is 5.65. The van der Waals surface area contributed by atoms with Gasteiger partial charge in [-0.1, -0.05) is 26.0 Å². The van der Waals surface area contributed by atoms with Gasteiger partial charge in [0.25, 0.3) is 0 Å². The first-order valence-corrected chi connectivity index (χ1v) is 4.10. The summed E-state index contributed by atoms with van der Waals surface area (Å²) in [5.41, 5.74) is 8.17. The minimum atomic E-state index is 0.676. The lowest BCUT2D eigenvalue weighted by Gasteiger charge is -1.98. The van der Waals surface area contributed by atoms with Gasteiger partial charge in [-0.3, -0.25) is 0 Å². The summed E-state index contributed by atoms with van der Waals surface area (Å²) < 4.78 is 0. The molecule has 0 atom stereocenters. The van der Waals surface area contributed by atoms with Crippen molar-refractivity contribution in [3.8, 4) is 0 Å². The van der Waals surface area contributed by atoms with Crippen molar-refractivity contribution in [1.82, 2.24) is 0 Å². The largest absolute Gasteiger partial charge is 0.398 e. The van der Waals surface area contributed by atoms with Crippen LogP contribution in [-0.2, 0) is 0 Å². The highest BCUT2D eigenvalue weighted by atomic mass is 14.6. The van der Waals surface area contributed by atoms with Crippen LogP contribution in [0.4, 0.5) is 5.69 Å². The van der Waals surface area contributed by atoms with Gasteiger partial charge in [0.1, 0.15) is 0 Å². The highest BCUT2D eigenvalue weighted by molar-refractivity contribution is 5.84. The van der Waals surface area contributed by atoms with Gasteiger partial charge < -0.3 is 11.1 Å². The van der Waals surface area contributed by atoms with E-state index in [-0.39, 0.29) is 0 Å². The van der Waals surface area contributed by atoms with E-state index in [1.165, 1.54) is 6.21 Å². The molecule has 1 aromatic carbocycles. The molecular formula is C10H16N2. The van der Waals surface area contributed by atoms with Crippen molar-refractivity contribution in [3.63, 3.8) is 0 Å². The average molecular weight is 164 g/mol. The third-order valence-electron chi connectivity index (χ3n) is 1.40. The van der Waals surface area contributed by atoms with Crippen LogP contribution in [0.1, 0.15) is 25.0 Å². The van der Waals surface area contributed by atoms with Gasteiger partial charge in [-0.15, -0.1) is 0 Å². The van der Waals surface area contributed by atoms with Crippen LogP contribution in [0.3, 0.4) is 0 Å². The molecule has 0 aliphatic carbocycles. The van der Waals surface area contributed by atoms with E-state index in [1.54, 1.807) is 0 Å². The van der Waals surface area contributed by atoms with Gasteiger partial charge in [0, 0.05) is 17.5 Å². The lowest BCUT2D eigenvalue weighted by atomic mass is 10.1. The second kappa shape index (κ2) is 5.35. The summed E-state index contributed by atoms with van der Waals surface area (Å²) in [5.74, 6) is 0. The molecule has 0 amide bonds. The SMILES string of the molecule is CC.Cc1ccc(C=N)c(N)c1. The molecule has 3 N–H and O–H groups in total. The van der Waals surface area contributed by atoms with Crippen molar-refractivity contribution in [1.29, 1.82) is 5.41 Å². The van der Waals surface area contributed by atoms with Crippen molar-refractivity contribution in [2.75, 3.05) is 5.73 Å². The Morgan fingerprint density at radius 2 is 1.92 bits per heavy atom. The van der Waals surface area contributed by atoms with Gasteiger partial charge in [0.05, 0.1) is 0 Å². The van der Waals surface area contributed by atoms with Crippen molar-refractivity contribution in [3.05, 3.63) is 29.3 Å². The van der Waals surface area contributed by atoms with E-state index in [9.17, 15) is 0 Å². The molecule has 0 aliphatic heterocycles. The number of aryl methyl sites for hydroxylation is 1. The van der Waals surface area contributed by atoms with Crippen LogP contribution in [0.25, 0.3) is 0 Å². The van der Waals surface area contributed by atoms with E-state index in [1.807, 2.05) is 39.0 Å².